The summed E-state index contributed by atoms with van der Waals surface area (Å²) < 4.78 is 58.3. The Morgan fingerprint density at radius 2 is 1.92 bits per heavy atom. The Morgan fingerprint density at radius 1 is 1.23 bits per heavy atom. The number of benzene rings is 2. The molecule has 0 fully saturated rings. The monoisotopic (exact) mass is 588 g/mol. The summed E-state index contributed by atoms with van der Waals surface area (Å²) in [6.45, 7) is 2.18. The van der Waals surface area contributed by atoms with Crippen LogP contribution >= 0.6 is 12.4 Å². The molecule has 2 N–H and O–H groups in total. The van der Waals surface area contributed by atoms with Gasteiger partial charge in [-0.05, 0) is 38.1 Å². The molecule has 1 aromatic heterocycles. The maximum absolute atomic E-state index is 15.0. The van der Waals surface area contributed by atoms with Gasteiger partial charge in [0.1, 0.15) is 0 Å². The smallest absolute Gasteiger partial charge is 0.264 e. The average molecular weight is 589 g/mol. The van der Waals surface area contributed by atoms with E-state index in [4.69, 9.17) is 9.94 Å². The molecule has 3 rings (SSSR count). The first kappa shape index (κ1) is 32.2. The summed E-state index contributed by atoms with van der Waals surface area (Å²) >= 11 is 0. The summed E-state index contributed by atoms with van der Waals surface area (Å²) in [6.07, 6.45) is 1.74. The maximum Gasteiger partial charge on any atom is 0.264 e. The lowest BCUT2D eigenvalue weighted by Gasteiger charge is -2.25. The fourth-order valence-electron chi connectivity index (χ4n) is 3.96. The van der Waals surface area contributed by atoms with Crippen LogP contribution in [0.15, 0.2) is 41.5 Å². The summed E-state index contributed by atoms with van der Waals surface area (Å²) in [6, 6.07) is 7.34. The summed E-state index contributed by atoms with van der Waals surface area (Å²) in [7, 11) is -0.609. The van der Waals surface area contributed by atoms with Crippen molar-refractivity contribution in [3.05, 3.63) is 64.2 Å². The van der Waals surface area contributed by atoms with Gasteiger partial charge < -0.3 is 4.74 Å². The molecule has 0 bridgehead atoms. The van der Waals surface area contributed by atoms with Gasteiger partial charge in [0.05, 0.1) is 23.8 Å². The van der Waals surface area contributed by atoms with Crippen molar-refractivity contribution in [2.45, 2.75) is 31.2 Å². The zero-order valence-electron chi connectivity index (χ0n) is 21.9. The van der Waals surface area contributed by atoms with E-state index in [2.05, 4.69) is 4.98 Å². The minimum Gasteiger partial charge on any atom is -0.383 e. The Hall–Kier alpha value is -2.97. The lowest BCUT2D eigenvalue weighted by molar-refractivity contribution is -0.131. The van der Waals surface area contributed by atoms with Gasteiger partial charge in [0.25, 0.3) is 11.5 Å². The number of carbonyl (C=O) groups excluding carboxylic acids is 1. The Bertz CT molecular complexity index is 1520. The number of ether oxygens (including phenoxy) is 1. The van der Waals surface area contributed by atoms with Crippen LogP contribution in [0.2, 0.25) is 0 Å². The van der Waals surface area contributed by atoms with E-state index in [0.29, 0.717) is 18.7 Å². The predicted octanol–water partition coefficient (Wildman–Crippen LogP) is 2.54. The second-order valence-electron chi connectivity index (χ2n) is 9.30. The number of methoxy groups -OCH3 is 1. The lowest BCUT2D eigenvalue weighted by Crippen LogP contribution is -2.50. The molecule has 0 spiro atoms. The fraction of sp³-hybridized carbons (Fsp3) is 0.400. The maximum atomic E-state index is 15.0. The van der Waals surface area contributed by atoms with Crippen LogP contribution in [0.5, 0.6) is 0 Å². The molecule has 0 aliphatic heterocycles. The number of likely N-dealkylation sites (N-methyl/N-ethyl adjacent to an activating group) is 1. The van der Waals surface area contributed by atoms with Crippen LogP contribution in [0, 0.1) is 11.6 Å². The molecule has 10 nitrogen and oxygen atoms in total. The van der Waals surface area contributed by atoms with Crippen LogP contribution < -0.4 is 11.0 Å². The van der Waals surface area contributed by atoms with Crippen LogP contribution in [0.4, 0.5) is 8.78 Å². The molecule has 1 atom stereocenters. The molecule has 1 unspecified atom stereocenters. The number of nitrogens with one attached hydrogen (secondary N) is 1. The zero-order valence-corrected chi connectivity index (χ0v) is 23.5. The molecule has 0 saturated carbocycles. The number of rotatable bonds is 11. The van der Waals surface area contributed by atoms with E-state index < -0.39 is 37.7 Å². The SMILES string of the molecule is COCCN(C)Cc1ccc(-c2ccc3c(=O)n(CCC(C)(C(=O)NO)S(C)(=O)=O)cnc3c2)c(F)c1F.Cl. The van der Waals surface area contributed by atoms with E-state index in [1.165, 1.54) is 42.1 Å². The normalized spacial score (nSPS) is 13.2. The highest BCUT2D eigenvalue weighted by atomic mass is 35.5. The quantitative estimate of drug-likeness (QED) is 0.258. The molecule has 214 valence electrons. The number of hydrogen-bond acceptors (Lipinski definition) is 8. The number of halogens is 3. The van der Waals surface area contributed by atoms with Gasteiger partial charge in [-0.1, -0.05) is 18.2 Å². The largest absolute Gasteiger partial charge is 0.383 e. The van der Waals surface area contributed by atoms with Gasteiger partial charge in [-0.3, -0.25) is 24.3 Å². The van der Waals surface area contributed by atoms with Gasteiger partial charge in [0, 0.05) is 44.1 Å². The van der Waals surface area contributed by atoms with Crippen LogP contribution in [0.25, 0.3) is 22.0 Å². The van der Waals surface area contributed by atoms with Crippen molar-refractivity contribution in [3.8, 4) is 11.1 Å². The predicted molar refractivity (Wildman–Crippen MR) is 145 cm³/mol. The van der Waals surface area contributed by atoms with Gasteiger partial charge in [-0.25, -0.2) is 27.7 Å². The summed E-state index contributed by atoms with van der Waals surface area (Å²) in [4.78, 5) is 31.1. The number of fused-ring (bicyclic) bond motifs is 1. The Balaban J connectivity index is 0.00000533. The van der Waals surface area contributed by atoms with Gasteiger partial charge >= 0.3 is 0 Å². The molecular formula is C25H31ClF2N4O6S. The second kappa shape index (κ2) is 12.9. The van der Waals surface area contributed by atoms with Gasteiger partial charge in [0.2, 0.25) is 0 Å². The topological polar surface area (TPSA) is 131 Å². The van der Waals surface area contributed by atoms with Crippen molar-refractivity contribution in [2.75, 3.05) is 33.6 Å². The zero-order chi connectivity index (χ0) is 28.3. The summed E-state index contributed by atoms with van der Waals surface area (Å²) in [5, 5.41) is 9.13. The molecule has 2 aromatic carbocycles. The molecule has 3 aromatic rings. The van der Waals surface area contributed by atoms with E-state index in [1.54, 1.807) is 19.1 Å². The first-order valence-corrected chi connectivity index (χ1v) is 13.5. The van der Waals surface area contributed by atoms with E-state index in [1.807, 2.05) is 0 Å². The van der Waals surface area contributed by atoms with Crippen LogP contribution in [-0.4, -0.2) is 72.3 Å². The fourth-order valence-corrected chi connectivity index (χ4v) is 4.80. The van der Waals surface area contributed by atoms with E-state index in [-0.39, 0.29) is 53.9 Å². The van der Waals surface area contributed by atoms with Crippen molar-refractivity contribution in [3.63, 3.8) is 0 Å². The lowest BCUT2D eigenvalue weighted by atomic mass is 10.0. The van der Waals surface area contributed by atoms with E-state index in [9.17, 15) is 26.8 Å². The number of sulfone groups is 1. The molecule has 0 saturated heterocycles. The van der Waals surface area contributed by atoms with Gasteiger partial charge in [-0.15, -0.1) is 12.4 Å². The molecule has 0 aliphatic rings. The number of hydrogen-bond donors (Lipinski definition) is 2. The Labute approximate surface area is 230 Å². The molecule has 0 radical (unpaired) electrons. The standard InChI is InChI=1S/C25H30F2N4O6S.ClH/c1-25(24(33)29-34,38(4,35)36)9-10-31-15-28-20-13-16(5-8-19(20)23(31)32)18-7-6-17(21(26)22(18)27)14-30(2)11-12-37-3;/h5-8,13,15,34H,9-12,14H2,1-4H3,(H,29,33);1H. The molecule has 39 heavy (non-hydrogen) atoms. The highest BCUT2D eigenvalue weighted by Gasteiger charge is 2.43. The van der Waals surface area contributed by atoms with E-state index >= 15 is 0 Å². The van der Waals surface area contributed by atoms with Gasteiger partial charge in [-0.2, -0.15) is 0 Å². The molecule has 1 amide bonds. The molecule has 1 heterocycles. The van der Waals surface area contributed by atoms with Gasteiger partial charge in [0.15, 0.2) is 26.2 Å². The first-order valence-electron chi connectivity index (χ1n) is 11.6. The molecule has 0 aliphatic carbocycles. The number of hydroxylamine groups is 1. The first-order chi connectivity index (χ1) is 17.8. The minimum absolute atomic E-state index is 0. The third kappa shape index (κ3) is 6.79. The number of aromatic nitrogens is 2. The van der Waals surface area contributed by atoms with E-state index in [0.717, 1.165) is 17.7 Å². The Morgan fingerprint density at radius 3 is 2.54 bits per heavy atom. The van der Waals surface area contributed by atoms with Crippen molar-refractivity contribution >= 4 is 39.1 Å². The molecular weight excluding hydrogens is 558 g/mol. The van der Waals surface area contributed by atoms with Crippen LogP contribution in [0.1, 0.15) is 18.9 Å². The van der Waals surface area contributed by atoms with Crippen LogP contribution in [-0.2, 0) is 32.5 Å². The summed E-state index contributed by atoms with van der Waals surface area (Å²) in [5.41, 5.74) is 1.60. The molecule has 14 heteroatoms. The second-order valence-corrected chi connectivity index (χ2v) is 11.7. The summed E-state index contributed by atoms with van der Waals surface area (Å²) in [5.74, 6) is -3.10. The number of carbonyl (C=O) groups is 1. The Kier molecular flexibility index (Phi) is 10.7. The third-order valence-corrected chi connectivity index (χ3v) is 8.67. The number of amides is 1. The highest BCUT2D eigenvalue weighted by Crippen LogP contribution is 2.29. The van der Waals surface area contributed by atoms with Crippen LogP contribution in [0.3, 0.4) is 0 Å². The average Bonchev–Trinajstić information content (AvgIpc) is 2.88. The van der Waals surface area contributed by atoms with Crippen molar-refractivity contribution in [1.29, 1.82) is 0 Å². The highest BCUT2D eigenvalue weighted by molar-refractivity contribution is 7.92. The van der Waals surface area contributed by atoms with Crippen molar-refractivity contribution < 1.29 is 31.9 Å². The van der Waals surface area contributed by atoms with Crippen molar-refractivity contribution in [2.24, 2.45) is 0 Å². The van der Waals surface area contributed by atoms with Crippen molar-refractivity contribution in [1.82, 2.24) is 19.9 Å². The third-order valence-electron chi connectivity index (χ3n) is 6.65. The number of aryl methyl sites for hydroxylation is 1. The number of nitrogens with zero attached hydrogens (tertiary/aromatic N) is 3. The minimum atomic E-state index is -3.94.